The highest BCUT2D eigenvalue weighted by molar-refractivity contribution is 5.91. The molecule has 0 bridgehead atoms. The minimum Gasteiger partial charge on any atom is -0.467 e. The predicted molar refractivity (Wildman–Crippen MR) is 91.6 cm³/mol. The lowest BCUT2D eigenvalue weighted by Gasteiger charge is -2.12. The first-order chi connectivity index (χ1) is 11.1. The van der Waals surface area contributed by atoms with Crippen molar-refractivity contribution in [3.63, 3.8) is 0 Å². The molecule has 0 saturated carbocycles. The highest BCUT2D eigenvalue weighted by atomic mass is 16.3. The van der Waals surface area contributed by atoms with Gasteiger partial charge in [-0.2, -0.15) is 0 Å². The molecule has 0 saturated heterocycles. The molecule has 3 aromatic rings. The number of rotatable bonds is 6. The van der Waals surface area contributed by atoms with Gasteiger partial charge in [0.05, 0.1) is 18.2 Å². The van der Waals surface area contributed by atoms with Gasteiger partial charge in [0, 0.05) is 18.8 Å². The number of fused-ring (bicyclic) bond motifs is 1. The summed E-state index contributed by atoms with van der Waals surface area (Å²) in [6.07, 6.45) is 3.30. The molecule has 3 heterocycles. The van der Waals surface area contributed by atoms with E-state index in [0.717, 1.165) is 35.7 Å². The summed E-state index contributed by atoms with van der Waals surface area (Å²) in [4.78, 5) is 11.1. The minimum atomic E-state index is 0.612. The van der Waals surface area contributed by atoms with Gasteiger partial charge in [0.25, 0.3) is 0 Å². The lowest BCUT2D eigenvalue weighted by Crippen LogP contribution is -2.19. The van der Waals surface area contributed by atoms with Crippen LogP contribution in [0.25, 0.3) is 11.0 Å². The standard InChI is InChI=1S/C17H23N5O/c1-12-13(2)22(8-7-21(3)4)17-15(12)16(19-11-20-17)18-10-14-6-5-9-23-14/h5-6,9,11H,7-8,10H2,1-4H3,(H,18,19,20). The molecule has 0 amide bonds. The number of aryl methyl sites for hydroxylation is 1. The van der Waals surface area contributed by atoms with Gasteiger partial charge in [0.2, 0.25) is 0 Å². The fourth-order valence-corrected chi connectivity index (χ4v) is 2.76. The third kappa shape index (κ3) is 3.07. The zero-order chi connectivity index (χ0) is 16.4. The second kappa shape index (κ2) is 6.42. The van der Waals surface area contributed by atoms with Crippen molar-refractivity contribution in [1.29, 1.82) is 0 Å². The van der Waals surface area contributed by atoms with E-state index in [9.17, 15) is 0 Å². The van der Waals surface area contributed by atoms with Crippen LogP contribution in [0.15, 0.2) is 29.1 Å². The van der Waals surface area contributed by atoms with E-state index in [0.29, 0.717) is 6.54 Å². The van der Waals surface area contributed by atoms with Crippen molar-refractivity contribution >= 4 is 16.9 Å². The van der Waals surface area contributed by atoms with Crippen molar-refractivity contribution < 1.29 is 4.42 Å². The Morgan fingerprint density at radius 1 is 1.26 bits per heavy atom. The van der Waals surface area contributed by atoms with Crippen molar-refractivity contribution in [2.45, 2.75) is 26.9 Å². The lowest BCUT2D eigenvalue weighted by molar-refractivity contribution is 0.384. The van der Waals surface area contributed by atoms with E-state index in [2.05, 4.69) is 52.7 Å². The molecule has 23 heavy (non-hydrogen) atoms. The zero-order valence-corrected chi connectivity index (χ0v) is 14.1. The summed E-state index contributed by atoms with van der Waals surface area (Å²) < 4.78 is 7.64. The Labute approximate surface area is 136 Å². The van der Waals surface area contributed by atoms with Crippen LogP contribution in [-0.2, 0) is 13.1 Å². The Balaban J connectivity index is 1.95. The molecule has 6 nitrogen and oxygen atoms in total. The van der Waals surface area contributed by atoms with E-state index in [-0.39, 0.29) is 0 Å². The topological polar surface area (TPSA) is 59.1 Å². The van der Waals surface area contributed by atoms with E-state index >= 15 is 0 Å². The highest BCUT2D eigenvalue weighted by Gasteiger charge is 2.16. The fraction of sp³-hybridized carbons (Fsp3) is 0.412. The number of nitrogens with one attached hydrogen (secondary N) is 1. The van der Waals surface area contributed by atoms with Crippen LogP contribution in [0, 0.1) is 13.8 Å². The second-order valence-corrected chi connectivity index (χ2v) is 6.02. The van der Waals surface area contributed by atoms with Crippen LogP contribution < -0.4 is 5.32 Å². The third-order valence-electron chi connectivity index (χ3n) is 4.19. The Hall–Kier alpha value is -2.34. The molecule has 122 valence electrons. The molecule has 0 radical (unpaired) electrons. The van der Waals surface area contributed by atoms with Gasteiger partial charge >= 0.3 is 0 Å². The maximum absolute atomic E-state index is 5.37. The van der Waals surface area contributed by atoms with Crippen molar-refractivity contribution in [3.8, 4) is 0 Å². The summed E-state index contributed by atoms with van der Waals surface area (Å²) >= 11 is 0. The van der Waals surface area contributed by atoms with Gasteiger partial charge in [-0.05, 0) is 45.6 Å². The summed E-state index contributed by atoms with van der Waals surface area (Å²) in [6.45, 7) is 6.77. The molecule has 0 spiro atoms. The maximum Gasteiger partial charge on any atom is 0.145 e. The highest BCUT2D eigenvalue weighted by Crippen LogP contribution is 2.28. The van der Waals surface area contributed by atoms with E-state index in [1.54, 1.807) is 12.6 Å². The van der Waals surface area contributed by atoms with Crippen LogP contribution in [0.4, 0.5) is 5.82 Å². The molecule has 3 rings (SSSR count). The summed E-state index contributed by atoms with van der Waals surface area (Å²) in [6, 6.07) is 3.84. The normalized spacial score (nSPS) is 11.5. The molecule has 6 heteroatoms. The summed E-state index contributed by atoms with van der Waals surface area (Å²) in [5.41, 5.74) is 3.45. The van der Waals surface area contributed by atoms with E-state index in [4.69, 9.17) is 4.42 Å². The Morgan fingerprint density at radius 2 is 2.09 bits per heavy atom. The number of nitrogens with zero attached hydrogens (tertiary/aromatic N) is 4. The van der Waals surface area contributed by atoms with E-state index in [1.165, 1.54) is 11.3 Å². The number of aromatic nitrogens is 3. The second-order valence-electron chi connectivity index (χ2n) is 6.02. The van der Waals surface area contributed by atoms with Crippen LogP contribution in [0.3, 0.4) is 0 Å². The third-order valence-corrected chi connectivity index (χ3v) is 4.19. The first kappa shape index (κ1) is 15.6. The van der Waals surface area contributed by atoms with Gasteiger partial charge in [-0.15, -0.1) is 0 Å². The number of hydrogen-bond donors (Lipinski definition) is 1. The van der Waals surface area contributed by atoms with Crippen molar-refractivity contribution in [2.24, 2.45) is 0 Å². The largest absolute Gasteiger partial charge is 0.467 e. The fourth-order valence-electron chi connectivity index (χ4n) is 2.76. The van der Waals surface area contributed by atoms with Crippen LogP contribution in [-0.4, -0.2) is 40.1 Å². The Bertz CT molecular complexity index is 789. The summed E-state index contributed by atoms with van der Waals surface area (Å²) in [5, 5.41) is 4.46. The summed E-state index contributed by atoms with van der Waals surface area (Å²) in [7, 11) is 4.17. The maximum atomic E-state index is 5.37. The van der Waals surface area contributed by atoms with Gasteiger partial charge < -0.3 is 19.2 Å². The number of furan rings is 1. The summed E-state index contributed by atoms with van der Waals surface area (Å²) in [5.74, 6) is 1.74. The van der Waals surface area contributed by atoms with Crippen LogP contribution in [0.5, 0.6) is 0 Å². The number of anilines is 1. The van der Waals surface area contributed by atoms with Crippen LogP contribution >= 0.6 is 0 Å². The zero-order valence-electron chi connectivity index (χ0n) is 14.1. The number of likely N-dealkylation sites (N-methyl/N-ethyl adjacent to an activating group) is 1. The minimum absolute atomic E-state index is 0.612. The lowest BCUT2D eigenvalue weighted by atomic mass is 10.2. The average molecular weight is 313 g/mol. The van der Waals surface area contributed by atoms with E-state index < -0.39 is 0 Å². The van der Waals surface area contributed by atoms with Gasteiger partial charge in [0.15, 0.2) is 0 Å². The SMILES string of the molecule is Cc1c(C)n(CCN(C)C)c2ncnc(NCc3ccco3)c12. The van der Waals surface area contributed by atoms with Crippen LogP contribution in [0.2, 0.25) is 0 Å². The Kier molecular flexibility index (Phi) is 4.34. The van der Waals surface area contributed by atoms with Crippen molar-refractivity contribution in [1.82, 2.24) is 19.4 Å². The van der Waals surface area contributed by atoms with Gasteiger partial charge in [0.1, 0.15) is 23.6 Å². The molecule has 1 N–H and O–H groups in total. The molecule has 0 aliphatic heterocycles. The smallest absolute Gasteiger partial charge is 0.145 e. The molecular formula is C17H23N5O. The quantitative estimate of drug-likeness (QED) is 0.758. The molecule has 0 aliphatic rings. The van der Waals surface area contributed by atoms with E-state index in [1.807, 2.05) is 12.1 Å². The van der Waals surface area contributed by atoms with Gasteiger partial charge in [-0.3, -0.25) is 0 Å². The molecular weight excluding hydrogens is 290 g/mol. The first-order valence-electron chi connectivity index (χ1n) is 7.79. The van der Waals surface area contributed by atoms with Crippen molar-refractivity contribution in [2.75, 3.05) is 26.0 Å². The molecule has 0 fully saturated rings. The van der Waals surface area contributed by atoms with Gasteiger partial charge in [-0.25, -0.2) is 9.97 Å². The first-order valence-corrected chi connectivity index (χ1v) is 7.79. The average Bonchev–Trinajstić information content (AvgIpc) is 3.12. The van der Waals surface area contributed by atoms with Gasteiger partial charge in [-0.1, -0.05) is 0 Å². The molecule has 0 aromatic carbocycles. The Morgan fingerprint density at radius 3 is 2.78 bits per heavy atom. The molecule has 0 aliphatic carbocycles. The van der Waals surface area contributed by atoms with Crippen molar-refractivity contribution in [3.05, 3.63) is 41.7 Å². The number of hydrogen-bond acceptors (Lipinski definition) is 5. The van der Waals surface area contributed by atoms with Crippen LogP contribution in [0.1, 0.15) is 17.0 Å². The monoisotopic (exact) mass is 313 g/mol. The molecule has 0 unspecified atom stereocenters. The predicted octanol–water partition coefficient (Wildman–Crippen LogP) is 2.81. The molecule has 0 atom stereocenters. The molecule has 3 aromatic heterocycles.